The predicted octanol–water partition coefficient (Wildman–Crippen LogP) is 1.13. The molecule has 0 fully saturated rings. The third kappa shape index (κ3) is 2.07. The van der Waals surface area contributed by atoms with Gasteiger partial charge in [0, 0.05) is 29.6 Å². The zero-order valence-corrected chi connectivity index (χ0v) is 8.84. The van der Waals surface area contributed by atoms with Crippen LogP contribution >= 0.6 is 11.3 Å². The van der Waals surface area contributed by atoms with Gasteiger partial charge in [0.2, 0.25) is 0 Å². The highest BCUT2D eigenvalue weighted by Crippen LogP contribution is 2.31. The van der Waals surface area contributed by atoms with Gasteiger partial charge in [-0.25, -0.2) is 4.98 Å². The Labute approximate surface area is 82.6 Å². The van der Waals surface area contributed by atoms with Gasteiger partial charge in [0.05, 0.1) is 5.01 Å². The van der Waals surface area contributed by atoms with Crippen molar-refractivity contribution in [3.05, 3.63) is 16.6 Å². The first-order chi connectivity index (χ1) is 6.11. The molecule has 1 heterocycles. The largest absolute Gasteiger partial charge is 0.396 e. The van der Waals surface area contributed by atoms with Crippen molar-refractivity contribution in [1.29, 1.82) is 0 Å². The third-order valence-corrected chi connectivity index (χ3v) is 3.61. The van der Waals surface area contributed by atoms with Crippen molar-refractivity contribution in [3.63, 3.8) is 0 Å². The summed E-state index contributed by atoms with van der Waals surface area (Å²) < 4.78 is 0. The molecule has 0 aromatic carbocycles. The van der Waals surface area contributed by atoms with Crippen LogP contribution in [0.15, 0.2) is 11.6 Å². The minimum Gasteiger partial charge on any atom is -0.396 e. The number of hydrogen-bond acceptors (Lipinski definition) is 4. The van der Waals surface area contributed by atoms with E-state index in [0.29, 0.717) is 6.42 Å². The van der Waals surface area contributed by atoms with E-state index in [1.54, 1.807) is 17.5 Å². The predicted molar refractivity (Wildman–Crippen MR) is 54.8 cm³/mol. The lowest BCUT2D eigenvalue weighted by Crippen LogP contribution is -2.41. The number of nitrogens with zero attached hydrogens (tertiary/aromatic N) is 1. The van der Waals surface area contributed by atoms with Gasteiger partial charge < -0.3 is 10.8 Å². The van der Waals surface area contributed by atoms with E-state index in [-0.39, 0.29) is 18.1 Å². The molecule has 0 saturated heterocycles. The van der Waals surface area contributed by atoms with Gasteiger partial charge in [-0.1, -0.05) is 6.92 Å². The molecule has 4 heteroatoms. The van der Waals surface area contributed by atoms with Crippen molar-refractivity contribution in [1.82, 2.24) is 4.98 Å². The monoisotopic (exact) mass is 200 g/mol. The highest BCUT2D eigenvalue weighted by atomic mass is 32.1. The standard InChI is InChI=1S/C9H16N2OS/c1-7(10)9(2,3-5-12)8-11-4-6-13-8/h4,6-7,12H,3,5,10H2,1-2H3. The van der Waals surface area contributed by atoms with E-state index in [9.17, 15) is 0 Å². The number of aliphatic hydroxyl groups excluding tert-OH is 1. The Bertz CT molecular complexity index is 248. The SMILES string of the molecule is CC(N)C(C)(CCO)c1nccs1. The fourth-order valence-corrected chi connectivity index (χ4v) is 2.20. The Morgan fingerprint density at radius 1 is 1.77 bits per heavy atom. The highest BCUT2D eigenvalue weighted by molar-refractivity contribution is 7.09. The lowest BCUT2D eigenvalue weighted by molar-refractivity contribution is 0.229. The van der Waals surface area contributed by atoms with Crippen LogP contribution in [-0.4, -0.2) is 22.7 Å². The highest BCUT2D eigenvalue weighted by Gasteiger charge is 2.32. The number of hydrogen-bond donors (Lipinski definition) is 2. The van der Waals surface area contributed by atoms with Crippen molar-refractivity contribution in [3.8, 4) is 0 Å². The van der Waals surface area contributed by atoms with Gasteiger partial charge >= 0.3 is 0 Å². The topological polar surface area (TPSA) is 59.1 Å². The minimum atomic E-state index is -0.192. The van der Waals surface area contributed by atoms with Crippen molar-refractivity contribution in [2.45, 2.75) is 31.7 Å². The van der Waals surface area contributed by atoms with Crippen LogP contribution in [0.1, 0.15) is 25.3 Å². The second-order valence-electron chi connectivity index (χ2n) is 3.52. The Morgan fingerprint density at radius 3 is 2.85 bits per heavy atom. The summed E-state index contributed by atoms with van der Waals surface area (Å²) in [4.78, 5) is 4.26. The Kier molecular flexibility index (Phi) is 3.41. The third-order valence-electron chi connectivity index (χ3n) is 2.56. The zero-order valence-electron chi connectivity index (χ0n) is 8.03. The van der Waals surface area contributed by atoms with E-state index in [2.05, 4.69) is 4.98 Å². The first-order valence-corrected chi connectivity index (χ1v) is 5.25. The van der Waals surface area contributed by atoms with Crippen LogP contribution in [-0.2, 0) is 5.41 Å². The fraction of sp³-hybridized carbons (Fsp3) is 0.667. The summed E-state index contributed by atoms with van der Waals surface area (Å²) in [5.41, 5.74) is 5.71. The van der Waals surface area contributed by atoms with Crippen LogP contribution in [0.2, 0.25) is 0 Å². The molecule has 0 saturated carbocycles. The Balaban J connectivity index is 2.91. The van der Waals surface area contributed by atoms with Crippen LogP contribution in [0.4, 0.5) is 0 Å². The van der Waals surface area contributed by atoms with Crippen molar-refractivity contribution in [2.75, 3.05) is 6.61 Å². The fourth-order valence-electron chi connectivity index (χ4n) is 1.27. The van der Waals surface area contributed by atoms with Gasteiger partial charge in [-0.3, -0.25) is 0 Å². The molecule has 1 aromatic rings. The maximum atomic E-state index is 8.97. The van der Waals surface area contributed by atoms with Crippen LogP contribution in [0.5, 0.6) is 0 Å². The van der Waals surface area contributed by atoms with Crippen LogP contribution in [0.3, 0.4) is 0 Å². The lowest BCUT2D eigenvalue weighted by atomic mass is 9.81. The van der Waals surface area contributed by atoms with Gasteiger partial charge in [-0.15, -0.1) is 11.3 Å². The van der Waals surface area contributed by atoms with Crippen molar-refractivity contribution in [2.24, 2.45) is 5.73 Å². The lowest BCUT2D eigenvalue weighted by Gasteiger charge is -2.30. The second kappa shape index (κ2) is 4.17. The Hall–Kier alpha value is -0.450. The van der Waals surface area contributed by atoms with E-state index in [1.165, 1.54) is 0 Å². The molecule has 0 spiro atoms. The quantitative estimate of drug-likeness (QED) is 0.766. The van der Waals surface area contributed by atoms with Crippen molar-refractivity contribution < 1.29 is 5.11 Å². The molecule has 0 aliphatic rings. The summed E-state index contributed by atoms with van der Waals surface area (Å²) in [6.07, 6.45) is 2.44. The van der Waals surface area contributed by atoms with E-state index in [0.717, 1.165) is 5.01 Å². The molecule has 13 heavy (non-hydrogen) atoms. The summed E-state index contributed by atoms with van der Waals surface area (Å²) in [5, 5.41) is 11.9. The van der Waals surface area contributed by atoms with E-state index >= 15 is 0 Å². The average molecular weight is 200 g/mol. The summed E-state index contributed by atoms with van der Waals surface area (Å²) in [6, 6.07) is 0.00537. The molecule has 3 nitrogen and oxygen atoms in total. The summed E-state index contributed by atoms with van der Waals surface area (Å²) in [6.45, 7) is 4.15. The van der Waals surface area contributed by atoms with Gasteiger partial charge in [-0.05, 0) is 13.3 Å². The molecular weight excluding hydrogens is 184 g/mol. The number of thiazole rings is 1. The smallest absolute Gasteiger partial charge is 0.1000 e. The molecule has 2 unspecified atom stereocenters. The molecule has 2 atom stereocenters. The minimum absolute atomic E-state index is 0.00537. The molecule has 74 valence electrons. The first kappa shape index (κ1) is 10.6. The summed E-state index contributed by atoms with van der Waals surface area (Å²) in [7, 11) is 0. The van der Waals surface area contributed by atoms with Crippen LogP contribution < -0.4 is 5.73 Å². The van der Waals surface area contributed by atoms with E-state index < -0.39 is 0 Å². The number of rotatable bonds is 4. The zero-order chi connectivity index (χ0) is 9.90. The maximum absolute atomic E-state index is 8.97. The van der Waals surface area contributed by atoms with Gasteiger partial charge in [0.1, 0.15) is 0 Å². The first-order valence-electron chi connectivity index (χ1n) is 4.37. The average Bonchev–Trinajstić information content (AvgIpc) is 2.56. The normalized spacial score (nSPS) is 18.2. The maximum Gasteiger partial charge on any atom is 0.1000 e. The molecule has 1 rings (SSSR count). The van der Waals surface area contributed by atoms with Crippen molar-refractivity contribution >= 4 is 11.3 Å². The molecular formula is C9H16N2OS. The Morgan fingerprint density at radius 2 is 2.46 bits per heavy atom. The van der Waals surface area contributed by atoms with Gasteiger partial charge in [0.15, 0.2) is 0 Å². The molecule has 0 amide bonds. The van der Waals surface area contributed by atoms with Gasteiger partial charge in [0.25, 0.3) is 0 Å². The number of nitrogens with two attached hydrogens (primary N) is 1. The molecule has 0 radical (unpaired) electrons. The molecule has 1 aromatic heterocycles. The second-order valence-corrected chi connectivity index (χ2v) is 4.41. The van der Waals surface area contributed by atoms with Crippen LogP contribution in [0, 0.1) is 0 Å². The molecule has 0 aliphatic carbocycles. The molecule has 0 aliphatic heterocycles. The molecule has 3 N–H and O–H groups in total. The van der Waals surface area contributed by atoms with E-state index in [1.807, 2.05) is 19.2 Å². The van der Waals surface area contributed by atoms with Gasteiger partial charge in [-0.2, -0.15) is 0 Å². The van der Waals surface area contributed by atoms with E-state index in [4.69, 9.17) is 10.8 Å². The molecule has 0 bridgehead atoms. The number of aromatic nitrogens is 1. The van der Waals surface area contributed by atoms with Crippen LogP contribution in [0.25, 0.3) is 0 Å². The number of aliphatic hydroxyl groups is 1. The summed E-state index contributed by atoms with van der Waals surface area (Å²) >= 11 is 1.60. The summed E-state index contributed by atoms with van der Waals surface area (Å²) in [5.74, 6) is 0.